The molecule has 19 heavy (non-hydrogen) atoms. The van der Waals surface area contributed by atoms with Crippen LogP contribution in [0.25, 0.3) is 0 Å². The molecule has 7 heteroatoms. The molecule has 2 rings (SSSR count). The van der Waals surface area contributed by atoms with Crippen LogP contribution >= 0.6 is 15.9 Å². The van der Waals surface area contributed by atoms with E-state index in [0.717, 1.165) is 6.07 Å². The molecule has 0 saturated carbocycles. The number of hydrogen-bond acceptors (Lipinski definition) is 3. The van der Waals surface area contributed by atoms with Crippen molar-refractivity contribution in [2.24, 2.45) is 0 Å². The molecule has 1 fully saturated rings. The average Bonchev–Trinajstić information content (AvgIpc) is 2.60. The number of pyridine rings is 1. The maximum Gasteiger partial charge on any atom is 0.419 e. The van der Waals surface area contributed by atoms with Gasteiger partial charge in [0.15, 0.2) is 0 Å². The number of alkyl halides is 3. The number of anilines is 1. The summed E-state index contributed by atoms with van der Waals surface area (Å²) in [6, 6.07) is 1.03. The van der Waals surface area contributed by atoms with Gasteiger partial charge in [-0.2, -0.15) is 13.2 Å². The highest BCUT2D eigenvalue weighted by Crippen LogP contribution is 2.38. The summed E-state index contributed by atoms with van der Waals surface area (Å²) in [4.78, 5) is 3.85. The second-order valence-electron chi connectivity index (χ2n) is 4.85. The minimum absolute atomic E-state index is 0.157. The van der Waals surface area contributed by atoms with Crippen molar-refractivity contribution < 1.29 is 17.9 Å². The molecular weight excluding hydrogens is 325 g/mol. The normalized spacial score (nSPS) is 27.6. The number of hydrogen-bond donors (Lipinski definition) is 1. The predicted molar refractivity (Wildman–Crippen MR) is 69.0 cm³/mol. The quantitative estimate of drug-likeness (QED) is 0.889. The van der Waals surface area contributed by atoms with E-state index in [-0.39, 0.29) is 11.9 Å². The lowest BCUT2D eigenvalue weighted by atomic mass is 9.94. The Morgan fingerprint density at radius 3 is 2.74 bits per heavy atom. The number of ether oxygens (including phenoxy) is 1. The molecule has 106 valence electrons. The van der Waals surface area contributed by atoms with Crippen LogP contribution in [0, 0.1) is 0 Å². The van der Waals surface area contributed by atoms with Gasteiger partial charge in [-0.3, -0.25) is 0 Å². The summed E-state index contributed by atoms with van der Waals surface area (Å²) in [5, 5.41) is 2.89. The summed E-state index contributed by atoms with van der Waals surface area (Å²) in [6.07, 6.45) is -2.62. The third-order valence-electron chi connectivity index (χ3n) is 3.45. The predicted octanol–water partition coefficient (Wildman–Crippen LogP) is 3.84. The minimum atomic E-state index is -4.45. The summed E-state index contributed by atoms with van der Waals surface area (Å²) in [6.45, 7) is 4.21. The molecule has 1 aromatic heterocycles. The molecule has 1 aliphatic rings. The van der Waals surface area contributed by atoms with Crippen molar-refractivity contribution >= 4 is 21.7 Å². The van der Waals surface area contributed by atoms with Crippen molar-refractivity contribution in [2.75, 3.05) is 11.9 Å². The van der Waals surface area contributed by atoms with Crippen LogP contribution in [0.5, 0.6) is 0 Å². The van der Waals surface area contributed by atoms with Gasteiger partial charge in [-0.1, -0.05) is 0 Å². The van der Waals surface area contributed by atoms with Crippen molar-refractivity contribution in [1.82, 2.24) is 4.98 Å². The Morgan fingerprint density at radius 1 is 1.53 bits per heavy atom. The Morgan fingerprint density at radius 2 is 2.21 bits per heavy atom. The zero-order valence-corrected chi connectivity index (χ0v) is 12.1. The van der Waals surface area contributed by atoms with Gasteiger partial charge in [-0.05, 0) is 42.3 Å². The Hall–Kier alpha value is -0.820. The second-order valence-corrected chi connectivity index (χ2v) is 5.77. The van der Waals surface area contributed by atoms with Crippen LogP contribution in [-0.2, 0) is 10.9 Å². The van der Waals surface area contributed by atoms with Crippen LogP contribution < -0.4 is 5.32 Å². The lowest BCUT2D eigenvalue weighted by Gasteiger charge is -2.30. The van der Waals surface area contributed by atoms with E-state index < -0.39 is 17.3 Å². The van der Waals surface area contributed by atoms with Crippen LogP contribution in [0.4, 0.5) is 19.0 Å². The van der Waals surface area contributed by atoms with Crippen LogP contribution in [0.1, 0.15) is 25.8 Å². The van der Waals surface area contributed by atoms with E-state index in [4.69, 9.17) is 4.74 Å². The van der Waals surface area contributed by atoms with Gasteiger partial charge >= 0.3 is 6.18 Å². The molecule has 0 aliphatic carbocycles. The molecule has 1 aliphatic heterocycles. The number of rotatable bonds is 2. The minimum Gasteiger partial charge on any atom is -0.376 e. The number of halogens is 4. The highest BCUT2D eigenvalue weighted by atomic mass is 79.9. The van der Waals surface area contributed by atoms with E-state index in [0.29, 0.717) is 17.5 Å². The van der Waals surface area contributed by atoms with Gasteiger partial charge in [0.25, 0.3) is 0 Å². The first-order valence-electron chi connectivity index (χ1n) is 5.85. The fraction of sp³-hybridized carbons (Fsp3) is 0.583. The fourth-order valence-electron chi connectivity index (χ4n) is 2.02. The SMILES string of the molecule is CC1OCCC1(C)Nc1ncc(Br)cc1C(F)(F)F. The first-order valence-corrected chi connectivity index (χ1v) is 6.64. The van der Waals surface area contributed by atoms with Crippen LogP contribution in [0.3, 0.4) is 0 Å². The number of nitrogens with zero attached hydrogens (tertiary/aromatic N) is 1. The molecule has 2 heterocycles. The van der Waals surface area contributed by atoms with Gasteiger partial charge < -0.3 is 10.1 Å². The molecule has 1 aromatic rings. The van der Waals surface area contributed by atoms with E-state index >= 15 is 0 Å². The van der Waals surface area contributed by atoms with Crippen molar-refractivity contribution in [3.05, 3.63) is 22.3 Å². The smallest absolute Gasteiger partial charge is 0.376 e. The maximum absolute atomic E-state index is 13.0. The second kappa shape index (κ2) is 4.94. The molecule has 0 aromatic carbocycles. The molecular formula is C12H14BrF3N2O. The lowest BCUT2D eigenvalue weighted by Crippen LogP contribution is -2.42. The van der Waals surface area contributed by atoms with Gasteiger partial charge in [0.05, 0.1) is 17.2 Å². The van der Waals surface area contributed by atoms with Crippen LogP contribution in [0.15, 0.2) is 16.7 Å². The van der Waals surface area contributed by atoms with Crippen molar-refractivity contribution in [2.45, 2.75) is 38.1 Å². The van der Waals surface area contributed by atoms with Crippen molar-refractivity contribution in [3.63, 3.8) is 0 Å². The highest BCUT2D eigenvalue weighted by Gasteiger charge is 2.41. The fourth-order valence-corrected chi connectivity index (χ4v) is 2.36. The van der Waals surface area contributed by atoms with Gasteiger partial charge in [0, 0.05) is 17.3 Å². The van der Waals surface area contributed by atoms with Crippen molar-refractivity contribution in [1.29, 1.82) is 0 Å². The zero-order chi connectivity index (χ0) is 14.3. The third kappa shape index (κ3) is 3.02. The van der Waals surface area contributed by atoms with Crippen molar-refractivity contribution in [3.8, 4) is 0 Å². The Labute approximate surface area is 117 Å². The van der Waals surface area contributed by atoms with Crippen LogP contribution in [-0.4, -0.2) is 23.2 Å². The number of aromatic nitrogens is 1. The van der Waals surface area contributed by atoms with E-state index in [1.54, 1.807) is 0 Å². The molecule has 0 radical (unpaired) electrons. The summed E-state index contributed by atoms with van der Waals surface area (Å²) in [5.74, 6) is -0.157. The molecule has 0 bridgehead atoms. The summed E-state index contributed by atoms with van der Waals surface area (Å²) >= 11 is 3.01. The highest BCUT2D eigenvalue weighted by molar-refractivity contribution is 9.10. The third-order valence-corrected chi connectivity index (χ3v) is 3.88. The molecule has 0 amide bonds. The Kier molecular flexibility index (Phi) is 3.79. The van der Waals surface area contributed by atoms with E-state index in [1.807, 2.05) is 13.8 Å². The molecule has 1 N–H and O–H groups in total. The molecule has 1 saturated heterocycles. The molecule has 2 atom stereocenters. The van der Waals surface area contributed by atoms with E-state index in [9.17, 15) is 13.2 Å². The molecule has 2 unspecified atom stereocenters. The topological polar surface area (TPSA) is 34.1 Å². The number of nitrogens with one attached hydrogen (secondary N) is 1. The maximum atomic E-state index is 13.0. The Balaban J connectivity index is 2.35. The van der Waals surface area contributed by atoms with E-state index in [2.05, 4.69) is 26.2 Å². The van der Waals surface area contributed by atoms with Gasteiger partial charge in [0.2, 0.25) is 0 Å². The summed E-state index contributed by atoms with van der Waals surface area (Å²) in [7, 11) is 0. The lowest BCUT2D eigenvalue weighted by molar-refractivity contribution is -0.137. The summed E-state index contributed by atoms with van der Waals surface area (Å²) in [5.41, 5.74) is -1.32. The largest absolute Gasteiger partial charge is 0.419 e. The summed E-state index contributed by atoms with van der Waals surface area (Å²) < 4.78 is 44.7. The standard InChI is InChI=1S/C12H14BrF3N2O/c1-7-11(2,3-4-19-7)18-10-9(12(14,15)16)5-8(13)6-17-10/h5-7H,3-4H2,1-2H3,(H,17,18). The molecule has 0 spiro atoms. The first kappa shape index (κ1) is 14.6. The van der Waals surface area contributed by atoms with Gasteiger partial charge in [-0.25, -0.2) is 4.98 Å². The monoisotopic (exact) mass is 338 g/mol. The first-order chi connectivity index (χ1) is 8.72. The van der Waals surface area contributed by atoms with E-state index in [1.165, 1.54) is 6.20 Å². The van der Waals surface area contributed by atoms with Crippen LogP contribution in [0.2, 0.25) is 0 Å². The Bertz CT molecular complexity index is 481. The molecule has 3 nitrogen and oxygen atoms in total. The zero-order valence-electron chi connectivity index (χ0n) is 10.5. The van der Waals surface area contributed by atoms with Gasteiger partial charge in [0.1, 0.15) is 5.82 Å². The average molecular weight is 339 g/mol. The van der Waals surface area contributed by atoms with Gasteiger partial charge in [-0.15, -0.1) is 0 Å².